The average molecular weight is 205 g/mol. The Hall–Kier alpha value is -1.09. The fourth-order valence-electron chi connectivity index (χ4n) is 2.50. The predicted octanol–water partition coefficient (Wildman–Crippen LogP) is 1.91. The van der Waals surface area contributed by atoms with E-state index in [1.54, 1.807) is 6.20 Å². The van der Waals surface area contributed by atoms with Gasteiger partial charge in [-0.15, -0.1) is 0 Å². The van der Waals surface area contributed by atoms with Gasteiger partial charge < -0.3 is 11.1 Å². The van der Waals surface area contributed by atoms with Crippen molar-refractivity contribution in [1.29, 1.82) is 0 Å². The molecule has 2 rings (SSSR count). The lowest BCUT2D eigenvalue weighted by Gasteiger charge is -2.13. The van der Waals surface area contributed by atoms with Gasteiger partial charge in [0.25, 0.3) is 0 Å². The van der Waals surface area contributed by atoms with Gasteiger partial charge in [0, 0.05) is 24.1 Å². The lowest BCUT2D eigenvalue weighted by atomic mass is 9.98. The zero-order chi connectivity index (χ0) is 10.7. The monoisotopic (exact) mass is 205 g/mol. The summed E-state index contributed by atoms with van der Waals surface area (Å²) in [5.41, 5.74) is 8.09. The zero-order valence-corrected chi connectivity index (χ0v) is 9.24. The van der Waals surface area contributed by atoms with Crippen LogP contribution in [0.25, 0.3) is 0 Å². The molecule has 0 spiro atoms. The molecule has 3 N–H and O–H groups in total. The second-order valence-corrected chi connectivity index (χ2v) is 4.27. The summed E-state index contributed by atoms with van der Waals surface area (Å²) >= 11 is 0. The molecule has 1 fully saturated rings. The Morgan fingerprint density at radius 3 is 3.13 bits per heavy atom. The number of hydrogen-bond acceptors (Lipinski definition) is 3. The van der Waals surface area contributed by atoms with Crippen LogP contribution in [0, 0.1) is 0 Å². The van der Waals surface area contributed by atoms with Gasteiger partial charge in [-0.05, 0) is 43.4 Å². The Labute approximate surface area is 91.1 Å². The highest BCUT2D eigenvalue weighted by molar-refractivity contribution is 5.46. The molecule has 1 heterocycles. The first-order valence-electron chi connectivity index (χ1n) is 5.74. The number of nitrogen functional groups attached to an aromatic ring is 1. The van der Waals surface area contributed by atoms with Crippen molar-refractivity contribution in [3.05, 3.63) is 24.0 Å². The summed E-state index contributed by atoms with van der Waals surface area (Å²) in [6.45, 7) is 3.21. The Morgan fingerprint density at radius 1 is 1.53 bits per heavy atom. The minimum atomic E-state index is 0.600. The molecule has 0 amide bonds. The van der Waals surface area contributed by atoms with Crippen LogP contribution in [0.2, 0.25) is 0 Å². The molecule has 0 saturated heterocycles. The van der Waals surface area contributed by atoms with Gasteiger partial charge in [0.1, 0.15) is 0 Å². The van der Waals surface area contributed by atoms with E-state index in [2.05, 4.69) is 17.2 Å². The molecule has 2 atom stereocenters. The first kappa shape index (κ1) is 10.4. The lowest BCUT2D eigenvalue weighted by molar-refractivity contribution is 0.535. The average Bonchev–Trinajstić information content (AvgIpc) is 2.68. The third-order valence-electron chi connectivity index (χ3n) is 3.25. The predicted molar refractivity (Wildman–Crippen MR) is 62.7 cm³/mol. The molecule has 2 unspecified atom stereocenters. The Balaban J connectivity index is 2.04. The molecule has 3 heteroatoms. The number of rotatable bonds is 3. The smallest absolute Gasteiger partial charge is 0.0380 e. The first-order chi connectivity index (χ1) is 7.31. The number of nitrogens with two attached hydrogens (primary N) is 1. The summed E-state index contributed by atoms with van der Waals surface area (Å²) in [6.07, 6.45) is 7.37. The van der Waals surface area contributed by atoms with E-state index in [4.69, 9.17) is 5.73 Å². The zero-order valence-electron chi connectivity index (χ0n) is 9.24. The third kappa shape index (κ3) is 2.29. The van der Waals surface area contributed by atoms with Crippen molar-refractivity contribution in [3.8, 4) is 0 Å². The molecule has 0 aliphatic heterocycles. The highest BCUT2D eigenvalue weighted by Gasteiger charge is 2.26. The normalized spacial score (nSPS) is 25.7. The van der Waals surface area contributed by atoms with E-state index >= 15 is 0 Å². The van der Waals surface area contributed by atoms with Crippen LogP contribution in [-0.2, 0) is 0 Å². The summed E-state index contributed by atoms with van der Waals surface area (Å²) in [7, 11) is 0. The third-order valence-corrected chi connectivity index (χ3v) is 3.25. The number of aromatic nitrogens is 1. The fourth-order valence-corrected chi connectivity index (χ4v) is 2.50. The molecule has 1 aromatic rings. The van der Waals surface area contributed by atoms with Crippen LogP contribution < -0.4 is 11.1 Å². The molecule has 0 aromatic carbocycles. The van der Waals surface area contributed by atoms with Crippen molar-refractivity contribution >= 4 is 5.69 Å². The second kappa shape index (κ2) is 4.62. The van der Waals surface area contributed by atoms with Crippen LogP contribution in [-0.4, -0.2) is 17.6 Å². The van der Waals surface area contributed by atoms with Gasteiger partial charge in [0.05, 0.1) is 0 Å². The molecule has 1 aromatic heterocycles. The van der Waals surface area contributed by atoms with E-state index in [0.29, 0.717) is 12.0 Å². The van der Waals surface area contributed by atoms with Gasteiger partial charge in [0.15, 0.2) is 0 Å². The molecule has 82 valence electrons. The Morgan fingerprint density at radius 2 is 2.40 bits per heavy atom. The molecule has 0 bridgehead atoms. The highest BCUT2D eigenvalue weighted by Crippen LogP contribution is 2.36. The van der Waals surface area contributed by atoms with Crippen molar-refractivity contribution in [3.63, 3.8) is 0 Å². The maximum Gasteiger partial charge on any atom is 0.0380 e. The summed E-state index contributed by atoms with van der Waals surface area (Å²) < 4.78 is 0. The van der Waals surface area contributed by atoms with E-state index in [9.17, 15) is 0 Å². The van der Waals surface area contributed by atoms with Crippen molar-refractivity contribution in [2.45, 2.75) is 38.1 Å². The number of hydrogen-bond donors (Lipinski definition) is 2. The molecule has 0 radical (unpaired) electrons. The van der Waals surface area contributed by atoms with Crippen LogP contribution in [0.15, 0.2) is 18.5 Å². The molecular weight excluding hydrogens is 186 g/mol. The van der Waals surface area contributed by atoms with Gasteiger partial charge >= 0.3 is 0 Å². The Kier molecular flexibility index (Phi) is 3.21. The topological polar surface area (TPSA) is 50.9 Å². The van der Waals surface area contributed by atoms with Crippen LogP contribution in [0.1, 0.15) is 37.7 Å². The molecular formula is C12H19N3. The standard InChI is InChI=1S/C12H19N3/c1-2-15-10-4-3-9(7-10)11-8-14-6-5-12(11)13/h5-6,8-10,15H,2-4,7H2,1H3,(H2,13,14). The van der Waals surface area contributed by atoms with Crippen LogP contribution in [0.5, 0.6) is 0 Å². The lowest BCUT2D eigenvalue weighted by Crippen LogP contribution is -2.25. The Bertz CT molecular complexity index is 324. The summed E-state index contributed by atoms with van der Waals surface area (Å²) in [4.78, 5) is 4.16. The highest BCUT2D eigenvalue weighted by atomic mass is 14.9. The maximum absolute atomic E-state index is 5.96. The second-order valence-electron chi connectivity index (χ2n) is 4.27. The molecule has 3 nitrogen and oxygen atoms in total. The SMILES string of the molecule is CCNC1CCC(c2cnccc2N)C1. The fraction of sp³-hybridized carbons (Fsp3) is 0.583. The number of nitrogens with one attached hydrogen (secondary N) is 1. The van der Waals surface area contributed by atoms with Crippen molar-refractivity contribution in [1.82, 2.24) is 10.3 Å². The van der Waals surface area contributed by atoms with E-state index in [0.717, 1.165) is 12.2 Å². The van der Waals surface area contributed by atoms with E-state index in [1.807, 2.05) is 12.3 Å². The quantitative estimate of drug-likeness (QED) is 0.792. The van der Waals surface area contributed by atoms with E-state index in [-0.39, 0.29) is 0 Å². The largest absolute Gasteiger partial charge is 0.398 e. The van der Waals surface area contributed by atoms with Crippen molar-refractivity contribution in [2.75, 3.05) is 12.3 Å². The number of anilines is 1. The van der Waals surface area contributed by atoms with Crippen LogP contribution in [0.4, 0.5) is 5.69 Å². The van der Waals surface area contributed by atoms with Crippen molar-refractivity contribution < 1.29 is 0 Å². The van der Waals surface area contributed by atoms with Gasteiger partial charge in [-0.25, -0.2) is 0 Å². The number of nitrogens with zero attached hydrogens (tertiary/aromatic N) is 1. The summed E-state index contributed by atoms with van der Waals surface area (Å²) in [5.74, 6) is 0.600. The minimum Gasteiger partial charge on any atom is -0.398 e. The molecule has 1 aliphatic rings. The first-order valence-corrected chi connectivity index (χ1v) is 5.74. The van der Waals surface area contributed by atoms with Gasteiger partial charge in [-0.2, -0.15) is 0 Å². The summed E-state index contributed by atoms with van der Waals surface area (Å²) in [6, 6.07) is 2.57. The number of pyridine rings is 1. The molecule has 1 saturated carbocycles. The summed E-state index contributed by atoms with van der Waals surface area (Å²) in [5, 5.41) is 3.50. The van der Waals surface area contributed by atoms with Crippen LogP contribution in [0.3, 0.4) is 0 Å². The molecule has 1 aliphatic carbocycles. The molecule has 15 heavy (non-hydrogen) atoms. The van der Waals surface area contributed by atoms with Gasteiger partial charge in [-0.3, -0.25) is 4.98 Å². The van der Waals surface area contributed by atoms with E-state index in [1.165, 1.54) is 24.8 Å². The van der Waals surface area contributed by atoms with Gasteiger partial charge in [0.2, 0.25) is 0 Å². The maximum atomic E-state index is 5.96. The van der Waals surface area contributed by atoms with Crippen molar-refractivity contribution in [2.24, 2.45) is 0 Å². The van der Waals surface area contributed by atoms with Crippen LogP contribution >= 0.6 is 0 Å². The van der Waals surface area contributed by atoms with E-state index < -0.39 is 0 Å². The minimum absolute atomic E-state index is 0.600. The van der Waals surface area contributed by atoms with Gasteiger partial charge in [-0.1, -0.05) is 6.92 Å².